The maximum absolute atomic E-state index is 10.8. The fraction of sp³-hybridized carbons (Fsp3) is 0.333. The molecule has 0 aliphatic carbocycles. The lowest BCUT2D eigenvalue weighted by atomic mass is 10.1. The van der Waals surface area contributed by atoms with Gasteiger partial charge in [0, 0.05) is 5.56 Å². The minimum Gasteiger partial charge on any atom is -0.545 e. The van der Waals surface area contributed by atoms with Crippen LogP contribution in [0.2, 0.25) is 0 Å². The standard InChI is InChI=1S/C8H6O7S.2C2H7N/c9-7(10)4-1-2-5(8(11)12)6(3-4)16(13,14)15;2*1-3-2/h1-3H,(H,9,10)(H,11,12)(H,13,14,15);2*3H,1-2H3. The van der Waals surface area contributed by atoms with Gasteiger partial charge in [0.2, 0.25) is 0 Å². The van der Waals surface area contributed by atoms with E-state index in [2.05, 4.69) is 0 Å². The molecule has 1 aromatic carbocycles. The summed E-state index contributed by atoms with van der Waals surface area (Å²) in [6, 6.07) is 2.01. The van der Waals surface area contributed by atoms with Gasteiger partial charge in [0.15, 0.2) is 0 Å². The number of carboxylic acid groups (broad SMARTS) is 2. The molecule has 22 heavy (non-hydrogen) atoms. The lowest BCUT2D eigenvalue weighted by Crippen LogP contribution is -2.74. The molecule has 0 aliphatic rings. The summed E-state index contributed by atoms with van der Waals surface area (Å²) < 4.78 is 30.3. The first-order chi connectivity index (χ1) is 10.1. The topological polar surface area (TPSA) is 168 Å². The molecule has 9 nitrogen and oxygen atoms in total. The highest BCUT2D eigenvalue weighted by atomic mass is 32.2. The zero-order chi connectivity index (χ0) is 17.9. The smallest absolute Gasteiger partial charge is 0.295 e. The van der Waals surface area contributed by atoms with E-state index in [0.29, 0.717) is 12.1 Å². The molecule has 0 bridgehead atoms. The molecule has 0 atom stereocenters. The van der Waals surface area contributed by atoms with Crippen molar-refractivity contribution in [2.75, 3.05) is 28.2 Å². The second-order valence-electron chi connectivity index (χ2n) is 3.92. The Labute approximate surface area is 128 Å². The molecular formula is C12H20N2O7S. The van der Waals surface area contributed by atoms with Crippen molar-refractivity contribution in [1.82, 2.24) is 0 Å². The summed E-state index contributed by atoms with van der Waals surface area (Å²) in [5, 5.41) is 24.9. The molecule has 0 aromatic heterocycles. The predicted molar refractivity (Wildman–Crippen MR) is 72.5 cm³/mol. The van der Waals surface area contributed by atoms with Crippen LogP contribution in [0.25, 0.3) is 0 Å². The number of quaternary nitrogens is 2. The predicted octanol–water partition coefficient (Wildman–Crippen LogP) is -4.72. The van der Waals surface area contributed by atoms with Crippen LogP contribution in [0.15, 0.2) is 23.1 Å². The molecule has 10 heteroatoms. The van der Waals surface area contributed by atoms with Gasteiger partial charge in [0.25, 0.3) is 10.1 Å². The van der Waals surface area contributed by atoms with Crippen LogP contribution in [-0.2, 0) is 10.1 Å². The highest BCUT2D eigenvalue weighted by molar-refractivity contribution is 7.86. The number of benzene rings is 1. The quantitative estimate of drug-likeness (QED) is 0.466. The maximum Gasteiger partial charge on any atom is 0.295 e. The Morgan fingerprint density at radius 1 is 1.00 bits per heavy atom. The number of rotatable bonds is 3. The van der Waals surface area contributed by atoms with E-state index in [0.717, 1.165) is 6.07 Å². The second kappa shape index (κ2) is 10.7. The molecule has 0 amide bonds. The molecule has 0 radical (unpaired) electrons. The van der Waals surface area contributed by atoms with Gasteiger partial charge in [0.05, 0.1) is 40.1 Å². The Morgan fingerprint density at radius 3 is 1.68 bits per heavy atom. The molecule has 0 spiro atoms. The molecule has 126 valence electrons. The first kappa shape index (κ1) is 22.3. The number of carbonyl (C=O) groups is 2. The summed E-state index contributed by atoms with van der Waals surface area (Å²) >= 11 is 0. The Bertz CT molecular complexity index is 597. The van der Waals surface area contributed by atoms with E-state index in [-0.39, 0.29) is 0 Å². The van der Waals surface area contributed by atoms with E-state index >= 15 is 0 Å². The van der Waals surface area contributed by atoms with E-state index in [1.165, 1.54) is 0 Å². The third-order valence-electron chi connectivity index (χ3n) is 1.72. The van der Waals surface area contributed by atoms with Crippen LogP contribution in [0.3, 0.4) is 0 Å². The molecule has 0 aliphatic heterocycles. The fourth-order valence-corrected chi connectivity index (χ4v) is 1.74. The Kier molecular flexibility index (Phi) is 10.8. The third-order valence-corrected chi connectivity index (χ3v) is 2.61. The van der Waals surface area contributed by atoms with Crippen LogP contribution in [-0.4, -0.2) is 53.1 Å². The van der Waals surface area contributed by atoms with E-state index in [1.54, 1.807) is 0 Å². The van der Waals surface area contributed by atoms with Crippen molar-refractivity contribution in [3.05, 3.63) is 29.3 Å². The van der Waals surface area contributed by atoms with Crippen molar-refractivity contribution >= 4 is 22.1 Å². The average Bonchev–Trinajstić information content (AvgIpc) is 2.38. The van der Waals surface area contributed by atoms with Crippen molar-refractivity contribution in [1.29, 1.82) is 0 Å². The lowest BCUT2D eigenvalue weighted by Gasteiger charge is -2.10. The van der Waals surface area contributed by atoms with Crippen molar-refractivity contribution < 1.29 is 43.4 Å². The lowest BCUT2D eigenvalue weighted by molar-refractivity contribution is -0.597. The van der Waals surface area contributed by atoms with Gasteiger partial charge in [-0.05, 0) is 11.6 Å². The summed E-state index contributed by atoms with van der Waals surface area (Å²) in [4.78, 5) is 19.9. The van der Waals surface area contributed by atoms with Gasteiger partial charge in [-0.25, -0.2) is 0 Å². The van der Waals surface area contributed by atoms with Gasteiger partial charge in [0.1, 0.15) is 4.90 Å². The van der Waals surface area contributed by atoms with Crippen molar-refractivity contribution in [2.45, 2.75) is 4.90 Å². The van der Waals surface area contributed by atoms with Crippen LogP contribution < -0.4 is 20.8 Å². The summed E-state index contributed by atoms with van der Waals surface area (Å²) in [5.74, 6) is -3.55. The first-order valence-corrected chi connectivity index (χ1v) is 7.52. The number of hydrogen-bond donors (Lipinski definition) is 3. The monoisotopic (exact) mass is 336 g/mol. The van der Waals surface area contributed by atoms with Gasteiger partial charge >= 0.3 is 0 Å². The molecule has 0 saturated heterocycles. The maximum atomic E-state index is 10.8. The van der Waals surface area contributed by atoms with Gasteiger partial charge in [-0.15, -0.1) is 0 Å². The minimum absolute atomic E-state index is 0.482. The van der Waals surface area contributed by atoms with Gasteiger partial charge in [-0.2, -0.15) is 8.42 Å². The van der Waals surface area contributed by atoms with Gasteiger partial charge in [-0.3, -0.25) is 4.55 Å². The van der Waals surface area contributed by atoms with E-state index < -0.39 is 38.1 Å². The van der Waals surface area contributed by atoms with Crippen molar-refractivity contribution in [3.8, 4) is 0 Å². The molecular weight excluding hydrogens is 316 g/mol. The minimum atomic E-state index is -4.85. The van der Waals surface area contributed by atoms with E-state index in [1.807, 2.05) is 38.8 Å². The van der Waals surface area contributed by atoms with Crippen molar-refractivity contribution in [2.24, 2.45) is 0 Å². The second-order valence-corrected chi connectivity index (χ2v) is 5.31. The van der Waals surface area contributed by atoms with Crippen LogP contribution >= 0.6 is 0 Å². The van der Waals surface area contributed by atoms with Crippen LogP contribution in [0, 0.1) is 0 Å². The number of aromatic carboxylic acids is 2. The zero-order valence-electron chi connectivity index (χ0n) is 12.7. The summed E-state index contributed by atoms with van der Waals surface area (Å²) in [7, 11) is 3.15. The Balaban J connectivity index is 0. The molecule has 0 unspecified atom stereocenters. The van der Waals surface area contributed by atoms with Crippen LogP contribution in [0.1, 0.15) is 20.7 Å². The summed E-state index contributed by atoms with van der Waals surface area (Å²) in [6.45, 7) is 0. The highest BCUT2D eigenvalue weighted by Crippen LogP contribution is 2.16. The van der Waals surface area contributed by atoms with E-state index in [9.17, 15) is 28.2 Å². The van der Waals surface area contributed by atoms with E-state index in [4.69, 9.17) is 4.55 Å². The van der Waals surface area contributed by atoms with Gasteiger partial charge < -0.3 is 30.4 Å². The zero-order valence-corrected chi connectivity index (χ0v) is 13.5. The largest absolute Gasteiger partial charge is 0.545 e. The van der Waals surface area contributed by atoms with Crippen LogP contribution in [0.5, 0.6) is 0 Å². The first-order valence-electron chi connectivity index (χ1n) is 6.08. The Hall–Kier alpha value is -2.01. The SMILES string of the molecule is C[NH2+]C.C[NH2+]C.O=C([O-])c1ccc(C(=O)[O-])c(S(=O)(=O)O)c1. The summed E-state index contributed by atoms with van der Waals surface area (Å²) in [6.07, 6.45) is 0. The van der Waals surface area contributed by atoms with Gasteiger partial charge in [-0.1, -0.05) is 12.1 Å². The number of nitrogens with two attached hydrogens (primary N) is 2. The number of carboxylic acids is 2. The summed E-state index contributed by atoms with van der Waals surface area (Å²) in [5.41, 5.74) is -1.40. The number of hydrogen-bond acceptors (Lipinski definition) is 6. The average molecular weight is 336 g/mol. The highest BCUT2D eigenvalue weighted by Gasteiger charge is 2.17. The molecule has 0 heterocycles. The van der Waals surface area contributed by atoms with Crippen molar-refractivity contribution in [3.63, 3.8) is 0 Å². The van der Waals surface area contributed by atoms with Crippen LogP contribution in [0.4, 0.5) is 0 Å². The molecule has 0 fully saturated rings. The number of carbonyl (C=O) groups excluding carboxylic acids is 2. The molecule has 0 saturated carbocycles. The molecule has 1 rings (SSSR count). The normalized spacial score (nSPS) is 9.68. The fourth-order valence-electron chi connectivity index (χ4n) is 1.03. The molecule has 1 aromatic rings. The molecule has 5 N–H and O–H groups in total. The third kappa shape index (κ3) is 8.32. The Morgan fingerprint density at radius 2 is 1.41 bits per heavy atom.